The Morgan fingerprint density at radius 2 is 1.92 bits per heavy atom. The van der Waals surface area contributed by atoms with Crippen molar-refractivity contribution in [3.05, 3.63) is 29.3 Å². The lowest BCUT2D eigenvalue weighted by molar-refractivity contribution is -0.238. The minimum absolute atomic E-state index is 0.0170. The molecule has 4 aliphatic rings. The van der Waals surface area contributed by atoms with E-state index < -0.39 is 5.79 Å². The molecule has 0 amide bonds. The van der Waals surface area contributed by atoms with E-state index in [9.17, 15) is 5.11 Å². The highest BCUT2D eigenvalue weighted by Gasteiger charge is 2.68. The molecule has 5 rings (SSSR count). The van der Waals surface area contributed by atoms with Crippen LogP contribution in [-0.2, 0) is 15.9 Å². The van der Waals surface area contributed by atoms with Gasteiger partial charge in [-0.1, -0.05) is 13.0 Å². The third-order valence-electron chi connectivity index (χ3n) is 7.73. The van der Waals surface area contributed by atoms with Gasteiger partial charge in [0.1, 0.15) is 5.75 Å². The van der Waals surface area contributed by atoms with Crippen LogP contribution in [0.15, 0.2) is 18.2 Å². The summed E-state index contributed by atoms with van der Waals surface area (Å²) in [5.74, 6) is 0.788. The molecule has 4 heteroatoms. The Morgan fingerprint density at radius 3 is 2.71 bits per heavy atom. The Labute approximate surface area is 143 Å². The summed E-state index contributed by atoms with van der Waals surface area (Å²) in [6.07, 6.45) is 6.19. The first kappa shape index (κ1) is 15.2. The van der Waals surface area contributed by atoms with E-state index in [0.717, 1.165) is 38.5 Å². The normalized spacial score (nSPS) is 42.6. The Hall–Kier alpha value is -1.10. The van der Waals surface area contributed by atoms with Gasteiger partial charge in [0.15, 0.2) is 5.79 Å². The predicted octanol–water partition coefficient (Wildman–Crippen LogP) is 3.07. The molecular formula is C20H27NO3. The number of hydrogen-bond acceptors (Lipinski definition) is 4. The maximum atomic E-state index is 9.81. The highest BCUT2D eigenvalue weighted by atomic mass is 16.7. The molecule has 2 unspecified atom stereocenters. The van der Waals surface area contributed by atoms with E-state index in [2.05, 4.69) is 13.0 Å². The summed E-state index contributed by atoms with van der Waals surface area (Å²) >= 11 is 0. The lowest BCUT2D eigenvalue weighted by atomic mass is 9.51. The second-order valence-corrected chi connectivity index (χ2v) is 8.55. The van der Waals surface area contributed by atoms with Crippen molar-refractivity contribution in [2.75, 3.05) is 13.2 Å². The predicted molar refractivity (Wildman–Crippen MR) is 90.8 cm³/mol. The number of aryl methyl sites for hydroxylation is 1. The highest BCUT2D eigenvalue weighted by molar-refractivity contribution is 5.43. The molecular weight excluding hydrogens is 302 g/mol. The highest BCUT2D eigenvalue weighted by Crippen LogP contribution is 2.66. The summed E-state index contributed by atoms with van der Waals surface area (Å²) < 4.78 is 12.3. The summed E-state index contributed by atoms with van der Waals surface area (Å²) in [5.41, 5.74) is 9.64. The molecule has 4 nitrogen and oxygen atoms in total. The van der Waals surface area contributed by atoms with Crippen molar-refractivity contribution < 1.29 is 14.6 Å². The van der Waals surface area contributed by atoms with E-state index in [1.165, 1.54) is 11.1 Å². The van der Waals surface area contributed by atoms with Crippen LogP contribution in [0.4, 0.5) is 0 Å². The number of phenolic OH excluding ortho intramolecular Hbond substituents is 1. The van der Waals surface area contributed by atoms with Crippen LogP contribution in [0.3, 0.4) is 0 Å². The number of rotatable bonds is 0. The molecule has 1 heterocycles. The van der Waals surface area contributed by atoms with Gasteiger partial charge < -0.3 is 20.3 Å². The van der Waals surface area contributed by atoms with Gasteiger partial charge in [-0.3, -0.25) is 0 Å². The van der Waals surface area contributed by atoms with Gasteiger partial charge in [-0.25, -0.2) is 0 Å². The first-order valence-corrected chi connectivity index (χ1v) is 9.37. The molecule has 1 aromatic carbocycles. The fourth-order valence-corrected chi connectivity index (χ4v) is 6.61. The average molecular weight is 329 g/mol. The first-order valence-electron chi connectivity index (χ1n) is 9.37. The lowest BCUT2D eigenvalue weighted by Crippen LogP contribution is -2.63. The summed E-state index contributed by atoms with van der Waals surface area (Å²) in [6.45, 7) is 3.78. The van der Waals surface area contributed by atoms with E-state index in [4.69, 9.17) is 15.2 Å². The molecule has 0 bridgehead atoms. The number of nitrogens with two attached hydrogens (primary N) is 1. The zero-order chi connectivity index (χ0) is 16.6. The molecule has 0 radical (unpaired) electrons. The zero-order valence-corrected chi connectivity index (χ0v) is 14.4. The molecule has 24 heavy (non-hydrogen) atoms. The Bertz CT molecular complexity index is 683. The quantitative estimate of drug-likeness (QED) is 0.768. The number of phenols is 1. The van der Waals surface area contributed by atoms with Crippen LogP contribution in [0.1, 0.15) is 56.1 Å². The fourth-order valence-electron chi connectivity index (χ4n) is 6.61. The molecule has 1 spiro atoms. The molecule has 3 fully saturated rings. The number of fused-ring (bicyclic) bond motifs is 6. The van der Waals surface area contributed by atoms with Crippen LogP contribution in [0.25, 0.3) is 0 Å². The van der Waals surface area contributed by atoms with Crippen molar-refractivity contribution in [3.8, 4) is 5.75 Å². The third kappa shape index (κ3) is 1.69. The second-order valence-electron chi connectivity index (χ2n) is 8.55. The standard InChI is InChI=1S/C20H27NO3/c1-18-7-5-16-15-3-2-14(22)12-13(15)4-8-19(16,21)17(18)6-9-20(18)23-10-11-24-20/h2-3,12,16-17,22H,4-11,21H2,1H3/t16?,17?,18-,19-/m0/s1. The van der Waals surface area contributed by atoms with E-state index >= 15 is 0 Å². The molecule has 4 atom stereocenters. The van der Waals surface area contributed by atoms with E-state index in [-0.39, 0.29) is 11.0 Å². The van der Waals surface area contributed by atoms with Gasteiger partial charge in [0.2, 0.25) is 0 Å². The van der Waals surface area contributed by atoms with Crippen LogP contribution in [0, 0.1) is 11.3 Å². The molecule has 3 N–H and O–H groups in total. The number of aromatic hydroxyl groups is 1. The van der Waals surface area contributed by atoms with Crippen molar-refractivity contribution in [2.24, 2.45) is 17.1 Å². The van der Waals surface area contributed by atoms with Gasteiger partial charge in [0.05, 0.1) is 13.2 Å². The average Bonchev–Trinajstić information content (AvgIpc) is 3.15. The Kier molecular flexibility index (Phi) is 3.00. The Balaban J connectivity index is 1.57. The number of benzene rings is 1. The minimum Gasteiger partial charge on any atom is -0.508 e. The second kappa shape index (κ2) is 4.75. The van der Waals surface area contributed by atoms with Crippen LogP contribution >= 0.6 is 0 Å². The molecule has 0 aromatic heterocycles. The summed E-state index contributed by atoms with van der Waals surface area (Å²) in [7, 11) is 0. The van der Waals surface area contributed by atoms with Gasteiger partial charge in [0.25, 0.3) is 0 Å². The van der Waals surface area contributed by atoms with Gasteiger partial charge in [-0.2, -0.15) is 0 Å². The largest absolute Gasteiger partial charge is 0.508 e. The van der Waals surface area contributed by atoms with Crippen molar-refractivity contribution in [3.63, 3.8) is 0 Å². The maximum absolute atomic E-state index is 9.81. The molecule has 2 saturated carbocycles. The number of hydrogen-bond donors (Lipinski definition) is 2. The molecule has 1 saturated heterocycles. The first-order chi connectivity index (χ1) is 11.5. The molecule has 130 valence electrons. The lowest BCUT2D eigenvalue weighted by Gasteiger charge is -2.58. The third-order valence-corrected chi connectivity index (χ3v) is 7.73. The topological polar surface area (TPSA) is 64.7 Å². The number of ether oxygens (including phenoxy) is 2. The van der Waals surface area contributed by atoms with Crippen molar-refractivity contribution >= 4 is 0 Å². The zero-order valence-electron chi connectivity index (χ0n) is 14.4. The Morgan fingerprint density at radius 1 is 1.12 bits per heavy atom. The van der Waals surface area contributed by atoms with Gasteiger partial charge >= 0.3 is 0 Å². The summed E-state index contributed by atoms with van der Waals surface area (Å²) in [4.78, 5) is 0. The van der Waals surface area contributed by atoms with E-state index in [1.807, 2.05) is 12.1 Å². The van der Waals surface area contributed by atoms with Crippen molar-refractivity contribution in [1.82, 2.24) is 0 Å². The minimum atomic E-state index is -0.399. The fraction of sp³-hybridized carbons (Fsp3) is 0.700. The van der Waals surface area contributed by atoms with E-state index in [0.29, 0.717) is 30.8 Å². The van der Waals surface area contributed by atoms with Crippen LogP contribution in [0.2, 0.25) is 0 Å². The van der Waals surface area contributed by atoms with Gasteiger partial charge in [0, 0.05) is 23.3 Å². The summed E-state index contributed by atoms with van der Waals surface area (Å²) in [6, 6.07) is 5.85. The van der Waals surface area contributed by atoms with Gasteiger partial charge in [-0.05, 0) is 61.3 Å². The molecule has 1 aromatic rings. The summed E-state index contributed by atoms with van der Waals surface area (Å²) in [5, 5.41) is 9.81. The van der Waals surface area contributed by atoms with Crippen LogP contribution in [-0.4, -0.2) is 29.6 Å². The van der Waals surface area contributed by atoms with E-state index in [1.54, 1.807) is 0 Å². The van der Waals surface area contributed by atoms with Crippen LogP contribution in [0.5, 0.6) is 5.75 Å². The maximum Gasteiger partial charge on any atom is 0.174 e. The molecule has 3 aliphatic carbocycles. The van der Waals surface area contributed by atoms with Crippen molar-refractivity contribution in [2.45, 2.75) is 62.7 Å². The SMILES string of the molecule is C[C@]12CCC3c4ccc(O)cc4CC[C@@]3(N)C1CCC21OCCO1. The monoisotopic (exact) mass is 329 g/mol. The molecule has 1 aliphatic heterocycles. The van der Waals surface area contributed by atoms with Crippen LogP contribution < -0.4 is 5.73 Å². The van der Waals surface area contributed by atoms with Gasteiger partial charge in [-0.15, -0.1) is 0 Å². The smallest absolute Gasteiger partial charge is 0.174 e. The van der Waals surface area contributed by atoms with Crippen molar-refractivity contribution in [1.29, 1.82) is 0 Å².